The van der Waals surface area contributed by atoms with Crippen LogP contribution in [0.4, 0.5) is 0 Å². The standard InChI is InChI=1S/C24H36O4/c1-7-9-10-12-18-15-21(27-5)23(22(16-18)28-6)19(11-8-2)20(24(25)26)14-13-17(3)4/h8,11,15-16,19-20H,3,7,9-10,12-14H2,1-2,4-6H3,(H,25,26)/b11-8+. The van der Waals surface area contributed by atoms with E-state index in [9.17, 15) is 9.90 Å². The van der Waals surface area contributed by atoms with Gasteiger partial charge in [0.2, 0.25) is 0 Å². The van der Waals surface area contributed by atoms with Crippen molar-refractivity contribution in [2.24, 2.45) is 5.92 Å². The first kappa shape index (κ1) is 23.8. The van der Waals surface area contributed by atoms with Crippen LogP contribution in [0.15, 0.2) is 36.4 Å². The Morgan fingerprint density at radius 1 is 1.21 bits per heavy atom. The van der Waals surface area contributed by atoms with Crippen molar-refractivity contribution < 1.29 is 19.4 Å². The summed E-state index contributed by atoms with van der Waals surface area (Å²) >= 11 is 0. The monoisotopic (exact) mass is 388 g/mol. The fraction of sp³-hybridized carbons (Fsp3) is 0.542. The van der Waals surface area contributed by atoms with Crippen molar-refractivity contribution in [3.63, 3.8) is 0 Å². The number of aryl methyl sites for hydroxylation is 1. The summed E-state index contributed by atoms with van der Waals surface area (Å²) in [6, 6.07) is 4.06. The Bertz CT molecular complexity index is 650. The number of rotatable bonds is 13. The molecule has 1 rings (SSSR count). The van der Waals surface area contributed by atoms with Crippen molar-refractivity contribution in [3.05, 3.63) is 47.6 Å². The highest BCUT2D eigenvalue weighted by Crippen LogP contribution is 2.43. The van der Waals surface area contributed by atoms with Gasteiger partial charge in [0, 0.05) is 11.5 Å². The molecular formula is C24H36O4. The highest BCUT2D eigenvalue weighted by molar-refractivity contribution is 5.73. The maximum absolute atomic E-state index is 12.1. The highest BCUT2D eigenvalue weighted by atomic mass is 16.5. The smallest absolute Gasteiger partial charge is 0.307 e. The summed E-state index contributed by atoms with van der Waals surface area (Å²) in [7, 11) is 3.26. The summed E-state index contributed by atoms with van der Waals surface area (Å²) in [6.07, 6.45) is 9.43. The largest absolute Gasteiger partial charge is 0.496 e. The predicted molar refractivity (Wildman–Crippen MR) is 116 cm³/mol. The van der Waals surface area contributed by atoms with Crippen LogP contribution in [0.2, 0.25) is 0 Å². The predicted octanol–water partition coefficient (Wildman–Crippen LogP) is 6.15. The topological polar surface area (TPSA) is 55.8 Å². The molecule has 0 aliphatic rings. The highest BCUT2D eigenvalue weighted by Gasteiger charge is 2.32. The molecule has 0 fully saturated rings. The number of carbonyl (C=O) groups is 1. The number of unbranched alkanes of at least 4 members (excludes halogenated alkanes) is 2. The second-order valence-electron chi connectivity index (χ2n) is 7.36. The van der Waals surface area contributed by atoms with Gasteiger partial charge >= 0.3 is 5.97 Å². The zero-order chi connectivity index (χ0) is 21.1. The van der Waals surface area contributed by atoms with Gasteiger partial charge in [-0.2, -0.15) is 0 Å². The Hall–Kier alpha value is -2.23. The molecule has 0 spiro atoms. The van der Waals surface area contributed by atoms with Gasteiger partial charge in [-0.15, -0.1) is 6.58 Å². The van der Waals surface area contributed by atoms with Gasteiger partial charge in [-0.25, -0.2) is 0 Å². The van der Waals surface area contributed by atoms with E-state index in [1.165, 1.54) is 12.8 Å². The number of benzene rings is 1. The molecule has 2 atom stereocenters. The average Bonchev–Trinajstić information content (AvgIpc) is 2.66. The summed E-state index contributed by atoms with van der Waals surface area (Å²) < 4.78 is 11.4. The number of ether oxygens (including phenoxy) is 2. The van der Waals surface area contributed by atoms with E-state index in [0.29, 0.717) is 24.3 Å². The van der Waals surface area contributed by atoms with Crippen molar-refractivity contribution in [1.29, 1.82) is 0 Å². The van der Waals surface area contributed by atoms with Crippen LogP contribution in [-0.2, 0) is 11.2 Å². The lowest BCUT2D eigenvalue weighted by atomic mass is 9.80. The molecule has 1 aromatic carbocycles. The number of carboxylic acids is 1. The Kier molecular flexibility index (Phi) is 10.4. The Balaban J connectivity index is 3.42. The number of methoxy groups -OCH3 is 2. The van der Waals surface area contributed by atoms with Gasteiger partial charge in [-0.05, 0) is 57.2 Å². The van der Waals surface area contributed by atoms with E-state index >= 15 is 0 Å². The summed E-state index contributed by atoms with van der Waals surface area (Å²) in [5.74, 6) is -0.357. The Morgan fingerprint density at radius 2 is 1.82 bits per heavy atom. The molecule has 156 valence electrons. The molecule has 0 amide bonds. The molecule has 0 aliphatic carbocycles. The third kappa shape index (κ3) is 6.74. The van der Waals surface area contributed by atoms with E-state index in [1.54, 1.807) is 14.2 Å². The maximum Gasteiger partial charge on any atom is 0.307 e. The fourth-order valence-electron chi connectivity index (χ4n) is 3.54. The van der Waals surface area contributed by atoms with Crippen molar-refractivity contribution in [2.45, 2.75) is 65.2 Å². The molecule has 0 saturated carbocycles. The van der Waals surface area contributed by atoms with Crippen LogP contribution in [-0.4, -0.2) is 25.3 Å². The van der Waals surface area contributed by atoms with Gasteiger partial charge in [0.15, 0.2) is 0 Å². The molecule has 28 heavy (non-hydrogen) atoms. The molecule has 0 bridgehead atoms. The maximum atomic E-state index is 12.1. The minimum Gasteiger partial charge on any atom is -0.496 e. The lowest BCUT2D eigenvalue weighted by Crippen LogP contribution is -2.22. The molecule has 2 unspecified atom stereocenters. The van der Waals surface area contributed by atoms with Crippen molar-refractivity contribution in [1.82, 2.24) is 0 Å². The molecule has 1 aromatic rings. The van der Waals surface area contributed by atoms with Gasteiger partial charge in [0.25, 0.3) is 0 Å². The molecule has 0 saturated heterocycles. The van der Waals surface area contributed by atoms with E-state index in [4.69, 9.17) is 9.47 Å². The minimum atomic E-state index is -0.819. The zero-order valence-electron chi connectivity index (χ0n) is 18.1. The first-order valence-corrected chi connectivity index (χ1v) is 10.1. The lowest BCUT2D eigenvalue weighted by molar-refractivity contribution is -0.142. The molecule has 0 aromatic heterocycles. The summed E-state index contributed by atoms with van der Waals surface area (Å²) in [4.78, 5) is 12.1. The van der Waals surface area contributed by atoms with Crippen LogP contribution in [0.3, 0.4) is 0 Å². The fourth-order valence-corrected chi connectivity index (χ4v) is 3.54. The van der Waals surface area contributed by atoms with Crippen LogP contribution in [0.5, 0.6) is 11.5 Å². The zero-order valence-corrected chi connectivity index (χ0v) is 18.1. The first-order chi connectivity index (χ1) is 13.4. The molecular weight excluding hydrogens is 352 g/mol. The summed E-state index contributed by atoms with van der Waals surface area (Å²) in [5, 5.41) is 9.92. The van der Waals surface area contributed by atoms with Gasteiger partial charge in [-0.1, -0.05) is 37.5 Å². The average molecular weight is 389 g/mol. The lowest BCUT2D eigenvalue weighted by Gasteiger charge is -2.26. The van der Waals surface area contributed by atoms with Gasteiger partial charge < -0.3 is 14.6 Å². The van der Waals surface area contributed by atoms with Crippen LogP contribution in [0.1, 0.15) is 69.9 Å². The molecule has 1 N–H and O–H groups in total. The molecule has 0 heterocycles. The second kappa shape index (κ2) is 12.3. The summed E-state index contributed by atoms with van der Waals surface area (Å²) in [6.45, 7) is 9.93. The normalized spacial score (nSPS) is 13.3. The molecule has 0 radical (unpaired) electrons. The minimum absolute atomic E-state index is 0.337. The Morgan fingerprint density at radius 3 is 2.25 bits per heavy atom. The number of allylic oxidation sites excluding steroid dienone is 3. The molecule has 0 aliphatic heterocycles. The van der Waals surface area contributed by atoms with E-state index < -0.39 is 11.9 Å². The van der Waals surface area contributed by atoms with Crippen molar-refractivity contribution in [3.8, 4) is 11.5 Å². The first-order valence-electron chi connectivity index (χ1n) is 10.1. The number of carboxylic acid groups (broad SMARTS) is 1. The van der Waals surface area contributed by atoms with E-state index in [-0.39, 0.29) is 5.92 Å². The van der Waals surface area contributed by atoms with Gasteiger partial charge in [0.05, 0.1) is 20.1 Å². The van der Waals surface area contributed by atoms with E-state index in [0.717, 1.165) is 29.5 Å². The Labute approximate surface area is 170 Å². The van der Waals surface area contributed by atoms with E-state index in [2.05, 4.69) is 13.5 Å². The quantitative estimate of drug-likeness (QED) is 0.325. The number of hydrogen-bond donors (Lipinski definition) is 1. The SMILES string of the molecule is C=C(C)CCC(C(=O)O)C(/C=C/C)c1c(OC)cc(CCCCC)cc1OC. The van der Waals surface area contributed by atoms with Crippen LogP contribution >= 0.6 is 0 Å². The summed E-state index contributed by atoms with van der Waals surface area (Å²) in [5.41, 5.74) is 2.94. The van der Waals surface area contributed by atoms with Crippen molar-refractivity contribution >= 4 is 5.97 Å². The third-order valence-electron chi connectivity index (χ3n) is 5.04. The third-order valence-corrected chi connectivity index (χ3v) is 5.04. The number of aliphatic carboxylic acids is 1. The second-order valence-corrected chi connectivity index (χ2v) is 7.36. The van der Waals surface area contributed by atoms with Crippen LogP contribution < -0.4 is 9.47 Å². The molecule has 4 heteroatoms. The van der Waals surface area contributed by atoms with Gasteiger partial charge in [0.1, 0.15) is 11.5 Å². The van der Waals surface area contributed by atoms with Gasteiger partial charge in [-0.3, -0.25) is 4.79 Å². The van der Waals surface area contributed by atoms with E-state index in [1.807, 2.05) is 38.1 Å². The number of hydrogen-bond acceptors (Lipinski definition) is 3. The molecule has 4 nitrogen and oxygen atoms in total. The van der Waals surface area contributed by atoms with Crippen LogP contribution in [0.25, 0.3) is 0 Å². The van der Waals surface area contributed by atoms with Crippen LogP contribution in [0, 0.1) is 5.92 Å². The van der Waals surface area contributed by atoms with Crippen molar-refractivity contribution in [2.75, 3.05) is 14.2 Å².